The highest BCUT2D eigenvalue weighted by atomic mass is 32.1. The number of aromatic amines is 1. The van der Waals surface area contributed by atoms with E-state index in [2.05, 4.69) is 46.7 Å². The van der Waals surface area contributed by atoms with E-state index in [4.69, 9.17) is 12.2 Å². The number of nitrogens with one attached hydrogen (secondary N) is 1. The lowest BCUT2D eigenvalue weighted by molar-refractivity contribution is 0.336. The lowest BCUT2D eigenvalue weighted by atomic mass is 10.3. The maximum Gasteiger partial charge on any atom is 0.195 e. The average molecular weight is 268 g/mol. The van der Waals surface area contributed by atoms with Crippen LogP contribution in [0.25, 0.3) is 10.7 Å². The van der Waals surface area contributed by atoms with Gasteiger partial charge < -0.3 is 4.90 Å². The van der Waals surface area contributed by atoms with Crippen molar-refractivity contribution in [1.29, 1.82) is 0 Å². The molecular weight excluding hydrogens is 252 g/mol. The monoisotopic (exact) mass is 268 g/mol. The molecule has 0 spiro atoms. The Morgan fingerprint density at radius 3 is 2.94 bits per heavy atom. The Hall–Kier alpha value is -0.980. The van der Waals surface area contributed by atoms with E-state index >= 15 is 0 Å². The molecule has 0 amide bonds. The van der Waals surface area contributed by atoms with Gasteiger partial charge in [0, 0.05) is 12.6 Å². The number of hydrogen-bond acceptors (Lipinski definition) is 4. The predicted molar refractivity (Wildman–Crippen MR) is 74.0 cm³/mol. The van der Waals surface area contributed by atoms with E-state index in [0.717, 1.165) is 17.2 Å². The van der Waals surface area contributed by atoms with Gasteiger partial charge in [-0.2, -0.15) is 5.10 Å². The zero-order chi connectivity index (χ0) is 12.4. The van der Waals surface area contributed by atoms with Gasteiger partial charge in [-0.1, -0.05) is 6.07 Å². The third-order valence-corrected chi connectivity index (χ3v) is 3.67. The summed E-state index contributed by atoms with van der Waals surface area (Å²) >= 11 is 6.98. The Morgan fingerprint density at radius 2 is 2.35 bits per heavy atom. The molecule has 2 aromatic rings. The first-order chi connectivity index (χ1) is 8.09. The summed E-state index contributed by atoms with van der Waals surface area (Å²) in [5, 5.41) is 9.26. The third kappa shape index (κ3) is 2.65. The normalized spacial score (nSPS) is 13.2. The molecule has 4 nitrogen and oxygen atoms in total. The van der Waals surface area contributed by atoms with Crippen molar-refractivity contribution in [2.45, 2.75) is 13.0 Å². The Morgan fingerprint density at radius 1 is 1.59 bits per heavy atom. The number of thiophene rings is 1. The second-order valence-corrected chi connectivity index (χ2v) is 5.65. The van der Waals surface area contributed by atoms with Gasteiger partial charge in [-0.15, -0.1) is 11.3 Å². The lowest BCUT2D eigenvalue weighted by Gasteiger charge is -2.19. The van der Waals surface area contributed by atoms with Crippen molar-refractivity contribution in [3.8, 4) is 10.7 Å². The first-order valence-electron chi connectivity index (χ1n) is 5.45. The molecule has 0 radical (unpaired) electrons. The van der Waals surface area contributed by atoms with Crippen LogP contribution in [0, 0.1) is 4.77 Å². The first-order valence-corrected chi connectivity index (χ1v) is 6.74. The van der Waals surface area contributed by atoms with Crippen LogP contribution in [0.15, 0.2) is 17.5 Å². The molecule has 0 aliphatic rings. The SMILES string of the molecule is CC(CN(C)C)n1c(-c2cccs2)n[nH]c1=S. The van der Waals surface area contributed by atoms with E-state index in [0.29, 0.717) is 10.8 Å². The Kier molecular flexibility index (Phi) is 3.76. The molecule has 1 atom stereocenters. The maximum atomic E-state index is 5.31. The van der Waals surface area contributed by atoms with Crippen molar-refractivity contribution < 1.29 is 0 Å². The summed E-state index contributed by atoms with van der Waals surface area (Å²) in [6, 6.07) is 4.39. The summed E-state index contributed by atoms with van der Waals surface area (Å²) in [4.78, 5) is 3.29. The number of aromatic nitrogens is 3. The van der Waals surface area contributed by atoms with Crippen LogP contribution in [0.1, 0.15) is 13.0 Å². The van der Waals surface area contributed by atoms with E-state index in [1.54, 1.807) is 11.3 Å². The molecule has 1 unspecified atom stereocenters. The van der Waals surface area contributed by atoms with Crippen LogP contribution in [0.5, 0.6) is 0 Å². The number of nitrogens with zero attached hydrogens (tertiary/aromatic N) is 3. The molecule has 0 aliphatic carbocycles. The summed E-state index contributed by atoms with van der Waals surface area (Å²) < 4.78 is 2.77. The standard InChI is InChI=1S/C11H16N4S2/c1-8(7-14(2)3)15-10(12-13-11(15)16)9-5-4-6-17-9/h4-6,8H,7H2,1-3H3,(H,13,16). The van der Waals surface area contributed by atoms with Crippen molar-refractivity contribution in [3.63, 3.8) is 0 Å². The van der Waals surface area contributed by atoms with Crippen molar-refractivity contribution in [3.05, 3.63) is 22.3 Å². The van der Waals surface area contributed by atoms with E-state index < -0.39 is 0 Å². The minimum Gasteiger partial charge on any atom is -0.307 e. The topological polar surface area (TPSA) is 36.9 Å². The zero-order valence-corrected chi connectivity index (χ0v) is 11.8. The van der Waals surface area contributed by atoms with Gasteiger partial charge in [0.2, 0.25) is 0 Å². The lowest BCUT2D eigenvalue weighted by Crippen LogP contribution is -2.23. The quantitative estimate of drug-likeness (QED) is 0.866. The Balaban J connectivity index is 2.40. The van der Waals surface area contributed by atoms with Gasteiger partial charge in [0.05, 0.1) is 4.88 Å². The molecule has 2 rings (SSSR count). The first kappa shape index (κ1) is 12.5. The highest BCUT2D eigenvalue weighted by Crippen LogP contribution is 2.25. The summed E-state index contributed by atoms with van der Waals surface area (Å²) in [5.74, 6) is 0.930. The van der Waals surface area contributed by atoms with Crippen LogP contribution in [0.3, 0.4) is 0 Å². The highest BCUT2D eigenvalue weighted by Gasteiger charge is 2.15. The molecule has 2 heterocycles. The molecule has 0 saturated heterocycles. The van der Waals surface area contributed by atoms with Gasteiger partial charge in [-0.25, -0.2) is 0 Å². The molecule has 0 saturated carbocycles. The molecule has 6 heteroatoms. The van der Waals surface area contributed by atoms with Gasteiger partial charge in [-0.05, 0) is 44.7 Å². The molecule has 0 bridgehead atoms. The molecule has 2 aromatic heterocycles. The van der Waals surface area contributed by atoms with Crippen LogP contribution in [0.2, 0.25) is 0 Å². The van der Waals surface area contributed by atoms with Crippen LogP contribution >= 0.6 is 23.6 Å². The number of likely N-dealkylation sites (N-methyl/N-ethyl adjacent to an activating group) is 1. The van der Waals surface area contributed by atoms with Gasteiger partial charge in [0.25, 0.3) is 0 Å². The zero-order valence-electron chi connectivity index (χ0n) is 10.2. The van der Waals surface area contributed by atoms with Crippen LogP contribution in [-0.2, 0) is 0 Å². The maximum absolute atomic E-state index is 5.31. The second kappa shape index (κ2) is 5.12. The molecule has 0 fully saturated rings. The average Bonchev–Trinajstić information content (AvgIpc) is 2.84. The summed E-state index contributed by atoms with van der Waals surface area (Å²) in [6.07, 6.45) is 0. The van der Waals surface area contributed by atoms with E-state index in [1.165, 1.54) is 0 Å². The predicted octanol–water partition coefficient (Wildman–Crippen LogP) is 2.79. The fraction of sp³-hybridized carbons (Fsp3) is 0.455. The molecule has 92 valence electrons. The summed E-state index contributed by atoms with van der Waals surface area (Å²) in [7, 11) is 4.12. The van der Waals surface area contributed by atoms with Crippen LogP contribution in [-0.4, -0.2) is 40.3 Å². The van der Waals surface area contributed by atoms with E-state index in [1.807, 2.05) is 11.4 Å². The number of rotatable bonds is 4. The minimum absolute atomic E-state index is 0.299. The van der Waals surface area contributed by atoms with Gasteiger partial charge in [0.1, 0.15) is 0 Å². The molecule has 0 aliphatic heterocycles. The van der Waals surface area contributed by atoms with Gasteiger partial charge >= 0.3 is 0 Å². The Bertz CT molecular complexity index is 524. The molecular formula is C11H16N4S2. The molecule has 17 heavy (non-hydrogen) atoms. The Labute approximate surface area is 110 Å². The molecule has 1 N–H and O–H groups in total. The number of hydrogen-bond donors (Lipinski definition) is 1. The largest absolute Gasteiger partial charge is 0.307 e. The van der Waals surface area contributed by atoms with E-state index in [9.17, 15) is 0 Å². The van der Waals surface area contributed by atoms with Crippen molar-refractivity contribution in [2.24, 2.45) is 0 Å². The minimum atomic E-state index is 0.299. The van der Waals surface area contributed by atoms with Crippen LogP contribution in [0.4, 0.5) is 0 Å². The van der Waals surface area contributed by atoms with Crippen molar-refractivity contribution in [1.82, 2.24) is 19.7 Å². The molecule has 0 aromatic carbocycles. The smallest absolute Gasteiger partial charge is 0.195 e. The third-order valence-electron chi connectivity index (χ3n) is 2.52. The fourth-order valence-corrected chi connectivity index (χ4v) is 2.93. The van der Waals surface area contributed by atoms with Crippen molar-refractivity contribution >= 4 is 23.6 Å². The van der Waals surface area contributed by atoms with Gasteiger partial charge in [0.15, 0.2) is 10.6 Å². The van der Waals surface area contributed by atoms with Gasteiger partial charge in [-0.3, -0.25) is 9.67 Å². The fourth-order valence-electron chi connectivity index (χ4n) is 1.90. The summed E-state index contributed by atoms with van der Waals surface area (Å²) in [6.45, 7) is 3.09. The highest BCUT2D eigenvalue weighted by molar-refractivity contribution is 7.71. The van der Waals surface area contributed by atoms with Crippen LogP contribution < -0.4 is 0 Å². The summed E-state index contributed by atoms with van der Waals surface area (Å²) in [5.41, 5.74) is 0. The van der Waals surface area contributed by atoms with Crippen molar-refractivity contribution in [2.75, 3.05) is 20.6 Å². The second-order valence-electron chi connectivity index (χ2n) is 4.31. The van der Waals surface area contributed by atoms with E-state index in [-0.39, 0.29) is 0 Å². The number of H-pyrrole nitrogens is 1.